The van der Waals surface area contributed by atoms with Gasteiger partial charge in [0.25, 0.3) is 0 Å². The SMILES string of the molecule is CC(=O)Cc1ccc(C(=O)OCCOC(=O)c2ccc(C)cc2)cc1. The molecule has 0 N–H and O–H groups in total. The zero-order chi connectivity index (χ0) is 18.2. The van der Waals surface area contributed by atoms with E-state index in [1.807, 2.05) is 19.1 Å². The van der Waals surface area contributed by atoms with E-state index in [2.05, 4.69) is 0 Å². The predicted octanol–water partition coefficient (Wildman–Crippen LogP) is 3.14. The molecule has 2 aromatic carbocycles. The fourth-order valence-corrected chi connectivity index (χ4v) is 2.17. The summed E-state index contributed by atoms with van der Waals surface area (Å²) in [7, 11) is 0. The van der Waals surface area contributed by atoms with Crippen LogP contribution in [0.15, 0.2) is 48.5 Å². The maximum atomic E-state index is 11.9. The molecule has 0 saturated heterocycles. The topological polar surface area (TPSA) is 69.7 Å². The van der Waals surface area contributed by atoms with Crippen LogP contribution in [-0.2, 0) is 20.7 Å². The smallest absolute Gasteiger partial charge is 0.338 e. The molecule has 0 aliphatic heterocycles. The van der Waals surface area contributed by atoms with E-state index in [0.29, 0.717) is 17.5 Å². The van der Waals surface area contributed by atoms with Gasteiger partial charge in [-0.1, -0.05) is 29.8 Å². The molecule has 0 atom stereocenters. The molecular formula is C20H20O5. The second-order valence-electron chi connectivity index (χ2n) is 5.71. The standard InChI is InChI=1S/C20H20O5/c1-14-3-7-17(8-4-14)19(22)24-11-12-25-20(23)18-9-5-16(6-10-18)13-15(2)21/h3-10H,11-13H2,1-2H3. The van der Waals surface area contributed by atoms with Crippen molar-refractivity contribution in [3.05, 3.63) is 70.8 Å². The number of carbonyl (C=O) groups is 3. The van der Waals surface area contributed by atoms with Gasteiger partial charge in [0.2, 0.25) is 0 Å². The number of aryl methyl sites for hydroxylation is 1. The molecule has 0 unspecified atom stereocenters. The van der Waals surface area contributed by atoms with Crippen molar-refractivity contribution in [3.63, 3.8) is 0 Å². The molecule has 2 aromatic rings. The van der Waals surface area contributed by atoms with Crippen LogP contribution in [-0.4, -0.2) is 30.9 Å². The van der Waals surface area contributed by atoms with Gasteiger partial charge in [-0.2, -0.15) is 0 Å². The number of esters is 2. The summed E-state index contributed by atoms with van der Waals surface area (Å²) in [6, 6.07) is 13.7. The van der Waals surface area contributed by atoms with Gasteiger partial charge < -0.3 is 9.47 Å². The Morgan fingerprint density at radius 2 is 1.20 bits per heavy atom. The van der Waals surface area contributed by atoms with Crippen LogP contribution in [0.2, 0.25) is 0 Å². The van der Waals surface area contributed by atoms with Crippen molar-refractivity contribution < 1.29 is 23.9 Å². The first kappa shape index (κ1) is 18.4. The Bertz CT molecular complexity index is 745. The Hall–Kier alpha value is -2.95. The van der Waals surface area contributed by atoms with Gasteiger partial charge in [-0.3, -0.25) is 4.79 Å². The first-order valence-electron chi connectivity index (χ1n) is 7.95. The molecule has 0 aromatic heterocycles. The lowest BCUT2D eigenvalue weighted by Gasteiger charge is -2.07. The fraction of sp³-hybridized carbons (Fsp3) is 0.250. The Labute approximate surface area is 146 Å². The third kappa shape index (κ3) is 5.88. The van der Waals surface area contributed by atoms with Crippen LogP contribution in [0.3, 0.4) is 0 Å². The summed E-state index contributed by atoms with van der Waals surface area (Å²) in [5.74, 6) is -0.892. The summed E-state index contributed by atoms with van der Waals surface area (Å²) in [5.41, 5.74) is 2.74. The molecule has 0 radical (unpaired) electrons. The molecule has 130 valence electrons. The molecule has 0 bridgehead atoms. The summed E-state index contributed by atoms with van der Waals surface area (Å²) in [6.07, 6.45) is 0.338. The highest BCUT2D eigenvalue weighted by molar-refractivity contribution is 5.90. The summed E-state index contributed by atoms with van der Waals surface area (Å²) >= 11 is 0. The molecule has 25 heavy (non-hydrogen) atoms. The van der Waals surface area contributed by atoms with Gasteiger partial charge in [0.1, 0.15) is 19.0 Å². The molecule has 0 amide bonds. The lowest BCUT2D eigenvalue weighted by atomic mass is 10.1. The average Bonchev–Trinajstić information content (AvgIpc) is 2.59. The van der Waals surface area contributed by atoms with Crippen LogP contribution in [0.1, 0.15) is 38.8 Å². The fourth-order valence-electron chi connectivity index (χ4n) is 2.17. The highest BCUT2D eigenvalue weighted by atomic mass is 16.6. The zero-order valence-corrected chi connectivity index (χ0v) is 14.3. The summed E-state index contributed by atoms with van der Waals surface area (Å²) in [4.78, 5) is 34.8. The third-order valence-corrected chi connectivity index (χ3v) is 3.48. The van der Waals surface area contributed by atoms with E-state index in [1.165, 1.54) is 6.92 Å². The van der Waals surface area contributed by atoms with E-state index in [0.717, 1.165) is 11.1 Å². The monoisotopic (exact) mass is 340 g/mol. The minimum absolute atomic E-state index is 0.0130. The van der Waals surface area contributed by atoms with Gasteiger partial charge in [-0.15, -0.1) is 0 Å². The van der Waals surface area contributed by atoms with E-state index in [-0.39, 0.29) is 19.0 Å². The van der Waals surface area contributed by atoms with Gasteiger partial charge >= 0.3 is 11.9 Å². The van der Waals surface area contributed by atoms with E-state index in [1.54, 1.807) is 36.4 Å². The number of benzene rings is 2. The molecular weight excluding hydrogens is 320 g/mol. The van der Waals surface area contributed by atoms with Crippen molar-refractivity contribution in [2.24, 2.45) is 0 Å². The Morgan fingerprint density at radius 1 is 0.760 bits per heavy atom. The summed E-state index contributed by atoms with van der Waals surface area (Å²) < 4.78 is 10.1. The average molecular weight is 340 g/mol. The van der Waals surface area contributed by atoms with Crippen molar-refractivity contribution in [1.29, 1.82) is 0 Å². The maximum absolute atomic E-state index is 11.9. The van der Waals surface area contributed by atoms with E-state index < -0.39 is 11.9 Å². The molecule has 0 aliphatic carbocycles. The first-order chi connectivity index (χ1) is 12.0. The number of carbonyl (C=O) groups excluding carboxylic acids is 3. The van der Waals surface area contributed by atoms with Crippen LogP contribution in [0.25, 0.3) is 0 Å². The largest absolute Gasteiger partial charge is 0.458 e. The predicted molar refractivity (Wildman–Crippen MR) is 92.6 cm³/mol. The van der Waals surface area contributed by atoms with Crippen molar-refractivity contribution in [1.82, 2.24) is 0 Å². The van der Waals surface area contributed by atoms with Crippen LogP contribution < -0.4 is 0 Å². The molecule has 0 aliphatic rings. The Kier molecular flexibility index (Phi) is 6.46. The van der Waals surface area contributed by atoms with Crippen molar-refractivity contribution in [3.8, 4) is 0 Å². The maximum Gasteiger partial charge on any atom is 0.338 e. The Balaban J connectivity index is 1.75. The van der Waals surface area contributed by atoms with E-state index in [4.69, 9.17) is 9.47 Å². The number of ether oxygens (including phenoxy) is 2. The minimum atomic E-state index is -0.499. The molecule has 0 heterocycles. The number of hydrogen-bond acceptors (Lipinski definition) is 5. The van der Waals surface area contributed by atoms with Crippen LogP contribution in [0.4, 0.5) is 0 Å². The molecule has 0 fully saturated rings. The highest BCUT2D eigenvalue weighted by Gasteiger charge is 2.09. The quantitative estimate of drug-likeness (QED) is 0.572. The molecule has 5 nitrogen and oxygen atoms in total. The summed E-state index contributed by atoms with van der Waals surface area (Å²) in [5, 5.41) is 0. The van der Waals surface area contributed by atoms with Crippen molar-refractivity contribution in [2.75, 3.05) is 13.2 Å². The van der Waals surface area contributed by atoms with Crippen molar-refractivity contribution in [2.45, 2.75) is 20.3 Å². The van der Waals surface area contributed by atoms with Crippen LogP contribution in [0.5, 0.6) is 0 Å². The second-order valence-corrected chi connectivity index (χ2v) is 5.71. The van der Waals surface area contributed by atoms with E-state index in [9.17, 15) is 14.4 Å². The molecule has 0 saturated carbocycles. The van der Waals surface area contributed by atoms with Crippen molar-refractivity contribution >= 4 is 17.7 Å². The third-order valence-electron chi connectivity index (χ3n) is 3.48. The number of rotatable bonds is 7. The number of hydrogen-bond donors (Lipinski definition) is 0. The summed E-state index contributed by atoms with van der Waals surface area (Å²) in [6.45, 7) is 3.41. The lowest BCUT2D eigenvalue weighted by Crippen LogP contribution is -2.14. The van der Waals surface area contributed by atoms with Gasteiger partial charge in [-0.25, -0.2) is 9.59 Å². The van der Waals surface area contributed by atoms with Gasteiger partial charge in [-0.05, 0) is 43.7 Å². The lowest BCUT2D eigenvalue weighted by molar-refractivity contribution is -0.116. The number of Topliss-reactive ketones (excluding diaryl/α,β-unsaturated/α-hetero) is 1. The normalized spacial score (nSPS) is 10.2. The molecule has 5 heteroatoms. The van der Waals surface area contributed by atoms with Crippen LogP contribution in [0, 0.1) is 6.92 Å². The minimum Gasteiger partial charge on any atom is -0.458 e. The Morgan fingerprint density at radius 3 is 1.64 bits per heavy atom. The first-order valence-corrected chi connectivity index (χ1v) is 7.95. The van der Waals surface area contributed by atoms with Gasteiger partial charge in [0.05, 0.1) is 11.1 Å². The van der Waals surface area contributed by atoms with E-state index >= 15 is 0 Å². The second kappa shape index (κ2) is 8.78. The molecule has 2 rings (SSSR count). The van der Waals surface area contributed by atoms with Gasteiger partial charge in [0, 0.05) is 6.42 Å². The number of ketones is 1. The molecule has 0 spiro atoms. The van der Waals surface area contributed by atoms with Crippen LogP contribution >= 0.6 is 0 Å². The zero-order valence-electron chi connectivity index (χ0n) is 14.3. The highest BCUT2D eigenvalue weighted by Crippen LogP contribution is 2.08. The van der Waals surface area contributed by atoms with Gasteiger partial charge in [0.15, 0.2) is 0 Å².